The molecule has 0 aliphatic heterocycles. The Bertz CT molecular complexity index is 1180. The van der Waals surface area contributed by atoms with E-state index < -0.39 is 20.0 Å². The van der Waals surface area contributed by atoms with Gasteiger partial charge in [-0.3, -0.25) is 9.36 Å². The van der Waals surface area contributed by atoms with E-state index in [1.165, 1.54) is 270 Å². The molecule has 0 saturated heterocycles. The number of hydrogen-bond acceptors (Lipinski definition) is 6. The molecule has 9 heteroatoms. The summed E-state index contributed by atoms with van der Waals surface area (Å²) in [6.45, 7) is 4.77. The average Bonchev–Trinajstić information content (AvgIpc) is 3.34. The number of quaternary nitrogens is 1. The summed E-state index contributed by atoms with van der Waals surface area (Å²) < 4.78 is 23.4. The second-order valence-corrected chi connectivity index (χ2v) is 24.9. The van der Waals surface area contributed by atoms with Crippen molar-refractivity contribution in [3.63, 3.8) is 0 Å². The Hall–Kier alpha value is -0.760. The first-order chi connectivity index (χ1) is 35.0. The average molecular weight is 1040 g/mol. The fourth-order valence-corrected chi connectivity index (χ4v) is 10.7. The normalized spacial score (nSPS) is 13.8. The summed E-state index contributed by atoms with van der Waals surface area (Å²) in [5.74, 6) is -0.157. The summed E-state index contributed by atoms with van der Waals surface area (Å²) in [7, 11) is 1.32. The zero-order valence-electron chi connectivity index (χ0n) is 49.2. The predicted octanol–water partition coefficient (Wildman–Crippen LogP) is 19.1. The fraction of sp³-hybridized carbons (Fsp3) is 0.952. The summed E-state index contributed by atoms with van der Waals surface area (Å²) in [6.07, 6.45) is 68.5. The molecule has 0 heterocycles. The van der Waals surface area contributed by atoms with Crippen LogP contribution in [0.4, 0.5) is 0 Å². The van der Waals surface area contributed by atoms with E-state index in [9.17, 15) is 19.4 Å². The maximum Gasteiger partial charge on any atom is 0.268 e. The molecule has 0 saturated carbocycles. The van der Waals surface area contributed by atoms with Gasteiger partial charge in [0.1, 0.15) is 13.2 Å². The highest BCUT2D eigenvalue weighted by Crippen LogP contribution is 2.38. The standard InChI is InChI=1S/C63H127N2O6P/c1-6-8-10-12-14-16-18-20-22-23-24-25-26-27-28-29-30-31-32-33-34-35-36-37-38-39-40-41-43-45-47-49-51-53-55-57-63(67)64-61(60-71-72(68,69)70-59-58-65(3,4)5)62(66)56-54-52-50-48-46-44-42-21-19-17-15-13-11-9-7-2/h23-24,61-62,66H,6-22,25-60H2,1-5H3,(H-,64,67,68,69)/b24-23-. The van der Waals surface area contributed by atoms with Crippen LogP contribution in [0.2, 0.25) is 0 Å². The van der Waals surface area contributed by atoms with Crippen molar-refractivity contribution in [3.8, 4) is 0 Å². The molecule has 0 bridgehead atoms. The van der Waals surface area contributed by atoms with Crippen molar-refractivity contribution in [1.82, 2.24) is 5.32 Å². The number of likely N-dealkylation sites (N-methyl/N-ethyl adjacent to an activating group) is 1. The number of aliphatic hydroxyl groups excluding tert-OH is 1. The van der Waals surface area contributed by atoms with Gasteiger partial charge in [-0.05, 0) is 38.5 Å². The number of amides is 1. The smallest absolute Gasteiger partial charge is 0.268 e. The lowest BCUT2D eigenvalue weighted by molar-refractivity contribution is -0.870. The molecule has 0 rings (SSSR count). The molecule has 0 radical (unpaired) electrons. The van der Waals surface area contributed by atoms with Crippen molar-refractivity contribution in [2.45, 2.75) is 347 Å². The lowest BCUT2D eigenvalue weighted by atomic mass is 10.0. The van der Waals surface area contributed by atoms with Crippen molar-refractivity contribution < 1.29 is 32.9 Å². The van der Waals surface area contributed by atoms with E-state index in [2.05, 4.69) is 31.3 Å². The largest absolute Gasteiger partial charge is 0.756 e. The second kappa shape index (κ2) is 55.0. The molecule has 0 aromatic rings. The van der Waals surface area contributed by atoms with Crippen LogP contribution in [0.15, 0.2) is 12.2 Å². The maximum absolute atomic E-state index is 13.0. The summed E-state index contributed by atoms with van der Waals surface area (Å²) in [6, 6.07) is -0.796. The number of phosphoric ester groups is 1. The number of unbranched alkanes of at least 4 members (excludes halogenated alkanes) is 45. The number of rotatable bonds is 60. The Labute approximate surface area is 450 Å². The number of nitrogens with one attached hydrogen (secondary N) is 1. The highest BCUT2D eigenvalue weighted by molar-refractivity contribution is 7.45. The second-order valence-electron chi connectivity index (χ2n) is 23.5. The quantitative estimate of drug-likeness (QED) is 0.0272. The minimum atomic E-state index is -4.57. The lowest BCUT2D eigenvalue weighted by Gasteiger charge is -2.30. The van der Waals surface area contributed by atoms with Gasteiger partial charge in [0.25, 0.3) is 7.82 Å². The first-order valence-corrected chi connectivity index (χ1v) is 33.5. The Morgan fingerprint density at radius 3 is 1.08 bits per heavy atom. The molecule has 8 nitrogen and oxygen atoms in total. The van der Waals surface area contributed by atoms with E-state index in [1.807, 2.05) is 21.1 Å². The summed E-state index contributed by atoms with van der Waals surface area (Å²) in [5.41, 5.74) is 0. The van der Waals surface area contributed by atoms with Gasteiger partial charge in [0.2, 0.25) is 5.91 Å². The Morgan fingerprint density at radius 2 is 0.764 bits per heavy atom. The van der Waals surface area contributed by atoms with Crippen molar-refractivity contribution in [3.05, 3.63) is 12.2 Å². The van der Waals surface area contributed by atoms with Gasteiger partial charge in [-0.25, -0.2) is 0 Å². The van der Waals surface area contributed by atoms with Crippen molar-refractivity contribution in [1.29, 1.82) is 0 Å². The highest BCUT2D eigenvalue weighted by atomic mass is 31.2. The molecule has 0 aliphatic rings. The van der Waals surface area contributed by atoms with E-state index in [0.717, 1.165) is 38.5 Å². The van der Waals surface area contributed by atoms with Crippen LogP contribution in [0.3, 0.4) is 0 Å². The predicted molar refractivity (Wildman–Crippen MR) is 312 cm³/mol. The first-order valence-electron chi connectivity index (χ1n) is 32.0. The monoisotopic (exact) mass is 1040 g/mol. The molecular formula is C63H127N2O6P. The van der Waals surface area contributed by atoms with Crippen LogP contribution in [0.1, 0.15) is 335 Å². The molecule has 1 amide bonds. The van der Waals surface area contributed by atoms with Gasteiger partial charge >= 0.3 is 0 Å². The third-order valence-electron chi connectivity index (χ3n) is 15.0. The summed E-state index contributed by atoms with van der Waals surface area (Å²) >= 11 is 0. The van der Waals surface area contributed by atoms with Crippen molar-refractivity contribution in [2.75, 3.05) is 40.9 Å². The van der Waals surface area contributed by atoms with Crippen LogP contribution in [-0.2, 0) is 18.4 Å². The minimum Gasteiger partial charge on any atom is -0.756 e. The van der Waals surface area contributed by atoms with E-state index in [0.29, 0.717) is 23.9 Å². The number of carbonyl (C=O) groups is 1. The first kappa shape index (κ1) is 71.2. The number of aliphatic hydroxyl groups is 1. The molecule has 0 aromatic carbocycles. The molecule has 72 heavy (non-hydrogen) atoms. The summed E-state index contributed by atoms with van der Waals surface area (Å²) in [4.78, 5) is 25.5. The number of carbonyl (C=O) groups excluding carboxylic acids is 1. The van der Waals surface area contributed by atoms with Gasteiger partial charge in [-0.15, -0.1) is 0 Å². The molecular weight excluding hydrogens is 912 g/mol. The number of phosphoric acid groups is 1. The van der Waals surface area contributed by atoms with E-state index in [4.69, 9.17) is 9.05 Å². The molecule has 0 aliphatic carbocycles. The molecule has 3 unspecified atom stereocenters. The maximum atomic E-state index is 13.0. The highest BCUT2D eigenvalue weighted by Gasteiger charge is 2.24. The third-order valence-corrected chi connectivity index (χ3v) is 16.0. The van der Waals surface area contributed by atoms with Crippen LogP contribution >= 0.6 is 7.82 Å². The van der Waals surface area contributed by atoms with Crippen LogP contribution in [0, 0.1) is 0 Å². The number of nitrogens with zero attached hydrogens (tertiary/aromatic N) is 1. The molecule has 430 valence electrons. The molecule has 0 spiro atoms. The van der Waals surface area contributed by atoms with Crippen LogP contribution in [0.25, 0.3) is 0 Å². The SMILES string of the molecule is CCCCCCCCCC/C=C\CCCCCCCCCCCCCCCCCCCCCCCCCC(=O)NC(COP(=O)([O-])OCC[N+](C)(C)C)C(O)CCCCCCCCCCCCCCCCC. The van der Waals surface area contributed by atoms with Gasteiger partial charge in [0.15, 0.2) is 0 Å². The molecule has 0 aromatic heterocycles. The van der Waals surface area contributed by atoms with Gasteiger partial charge in [0.05, 0.1) is 39.9 Å². The van der Waals surface area contributed by atoms with Crippen LogP contribution < -0.4 is 10.2 Å². The minimum absolute atomic E-state index is 0.0158. The molecule has 2 N–H and O–H groups in total. The van der Waals surface area contributed by atoms with Gasteiger partial charge in [-0.2, -0.15) is 0 Å². The zero-order valence-corrected chi connectivity index (χ0v) is 50.1. The Morgan fingerprint density at radius 1 is 0.472 bits per heavy atom. The topological polar surface area (TPSA) is 108 Å². The lowest BCUT2D eigenvalue weighted by Crippen LogP contribution is -2.46. The Balaban J connectivity index is 3.91. The van der Waals surface area contributed by atoms with Crippen molar-refractivity contribution >= 4 is 13.7 Å². The van der Waals surface area contributed by atoms with Crippen LogP contribution in [0.5, 0.6) is 0 Å². The van der Waals surface area contributed by atoms with E-state index in [1.54, 1.807) is 0 Å². The van der Waals surface area contributed by atoms with E-state index >= 15 is 0 Å². The van der Waals surface area contributed by atoms with Crippen LogP contribution in [-0.4, -0.2) is 68.5 Å². The Kier molecular flexibility index (Phi) is 54.4. The molecule has 0 fully saturated rings. The van der Waals surface area contributed by atoms with Gasteiger partial charge in [0, 0.05) is 6.42 Å². The van der Waals surface area contributed by atoms with E-state index in [-0.39, 0.29) is 19.1 Å². The fourth-order valence-electron chi connectivity index (χ4n) is 9.98. The number of hydrogen-bond donors (Lipinski definition) is 2. The third kappa shape index (κ3) is 57.0. The van der Waals surface area contributed by atoms with Gasteiger partial charge < -0.3 is 28.8 Å². The van der Waals surface area contributed by atoms with Gasteiger partial charge in [-0.1, -0.05) is 302 Å². The molecule has 3 atom stereocenters. The summed E-state index contributed by atoms with van der Waals surface area (Å²) in [5, 5.41) is 14.0. The zero-order chi connectivity index (χ0) is 52.7. The number of allylic oxidation sites excluding steroid dienone is 2. The van der Waals surface area contributed by atoms with Crippen molar-refractivity contribution in [2.24, 2.45) is 0 Å².